The number of esters is 1. The minimum Gasteiger partial charge on any atom is -0.465 e. The minimum atomic E-state index is -0.353. The van der Waals surface area contributed by atoms with Gasteiger partial charge in [-0.05, 0) is 12.2 Å². The van der Waals surface area contributed by atoms with E-state index in [1.165, 1.54) is 64.2 Å². The number of thioether (sulfide) groups is 1. The van der Waals surface area contributed by atoms with Crippen molar-refractivity contribution < 1.29 is 19.7 Å². The summed E-state index contributed by atoms with van der Waals surface area (Å²) in [6, 6.07) is 0. The Bertz CT molecular complexity index is 270. The molecule has 0 saturated carbocycles. The van der Waals surface area contributed by atoms with Crippen molar-refractivity contribution in [2.45, 2.75) is 77.6 Å². The predicted molar refractivity (Wildman–Crippen MR) is 102 cm³/mol. The SMILES string of the molecule is CCCCCCCCCCCCSCCC(=O)OCC(CO)CO. The maximum atomic E-state index is 11.5. The quantitative estimate of drug-likeness (QED) is 0.283. The van der Waals surface area contributed by atoms with Gasteiger partial charge in [0, 0.05) is 11.7 Å². The third kappa shape index (κ3) is 16.6. The van der Waals surface area contributed by atoms with Crippen molar-refractivity contribution in [2.24, 2.45) is 5.92 Å². The van der Waals surface area contributed by atoms with E-state index >= 15 is 0 Å². The first-order valence-electron chi connectivity index (χ1n) is 9.69. The molecule has 0 aromatic carbocycles. The third-order valence-corrected chi connectivity index (χ3v) is 5.16. The highest BCUT2D eigenvalue weighted by Gasteiger charge is 2.09. The third-order valence-electron chi connectivity index (χ3n) is 4.09. The van der Waals surface area contributed by atoms with Crippen molar-refractivity contribution in [1.29, 1.82) is 0 Å². The first-order chi connectivity index (χ1) is 11.7. The molecule has 4 nitrogen and oxygen atoms in total. The fourth-order valence-electron chi connectivity index (χ4n) is 2.40. The lowest BCUT2D eigenvalue weighted by Crippen LogP contribution is -2.20. The van der Waals surface area contributed by atoms with Crippen molar-refractivity contribution in [3.8, 4) is 0 Å². The van der Waals surface area contributed by atoms with Crippen LogP contribution in [-0.4, -0.2) is 47.5 Å². The van der Waals surface area contributed by atoms with Gasteiger partial charge in [0.05, 0.1) is 26.2 Å². The van der Waals surface area contributed by atoms with Gasteiger partial charge < -0.3 is 14.9 Å². The van der Waals surface area contributed by atoms with Crippen molar-refractivity contribution in [3.63, 3.8) is 0 Å². The molecule has 0 rings (SSSR count). The molecule has 0 aliphatic carbocycles. The Morgan fingerprint density at radius 3 is 1.96 bits per heavy atom. The standard InChI is InChI=1S/C19H38O4S/c1-2-3-4-5-6-7-8-9-10-11-13-24-14-12-19(22)23-17-18(15-20)16-21/h18,20-21H,2-17H2,1H3. The average Bonchev–Trinajstić information content (AvgIpc) is 2.60. The predicted octanol–water partition coefficient (Wildman–Crippen LogP) is 4.17. The zero-order chi connectivity index (χ0) is 17.9. The summed E-state index contributed by atoms with van der Waals surface area (Å²) in [4.78, 5) is 11.5. The normalized spacial score (nSPS) is 11.2. The zero-order valence-corrected chi connectivity index (χ0v) is 16.3. The largest absolute Gasteiger partial charge is 0.465 e. The van der Waals surface area contributed by atoms with Crippen LogP contribution in [0, 0.1) is 5.92 Å². The average molecular weight is 363 g/mol. The molecule has 24 heavy (non-hydrogen) atoms. The summed E-state index contributed by atoms with van der Waals surface area (Å²) in [5, 5.41) is 17.8. The lowest BCUT2D eigenvalue weighted by molar-refractivity contribution is -0.145. The Hall–Kier alpha value is -0.260. The molecule has 0 aliphatic heterocycles. The van der Waals surface area contributed by atoms with E-state index < -0.39 is 0 Å². The van der Waals surface area contributed by atoms with Gasteiger partial charge in [0.25, 0.3) is 0 Å². The van der Waals surface area contributed by atoms with Crippen molar-refractivity contribution in [2.75, 3.05) is 31.3 Å². The van der Waals surface area contributed by atoms with E-state index in [1.807, 2.05) is 0 Å². The van der Waals surface area contributed by atoms with E-state index in [0.29, 0.717) is 6.42 Å². The van der Waals surface area contributed by atoms with Crippen LogP contribution in [0.15, 0.2) is 0 Å². The number of aliphatic hydroxyl groups is 2. The highest BCUT2D eigenvalue weighted by Crippen LogP contribution is 2.13. The number of carbonyl (C=O) groups is 1. The topological polar surface area (TPSA) is 66.8 Å². The highest BCUT2D eigenvalue weighted by atomic mass is 32.2. The molecule has 0 bridgehead atoms. The van der Waals surface area contributed by atoms with E-state index in [1.54, 1.807) is 11.8 Å². The Morgan fingerprint density at radius 1 is 0.875 bits per heavy atom. The van der Waals surface area contributed by atoms with Gasteiger partial charge in [0.15, 0.2) is 0 Å². The molecule has 144 valence electrons. The molecule has 0 aromatic heterocycles. The van der Waals surface area contributed by atoms with E-state index in [4.69, 9.17) is 14.9 Å². The molecule has 2 N–H and O–H groups in total. The van der Waals surface area contributed by atoms with Crippen LogP contribution in [0.5, 0.6) is 0 Å². The van der Waals surface area contributed by atoms with Gasteiger partial charge in [-0.1, -0.05) is 64.7 Å². The highest BCUT2D eigenvalue weighted by molar-refractivity contribution is 7.99. The molecule has 0 radical (unpaired) electrons. The second kappa shape index (κ2) is 19.1. The summed E-state index contributed by atoms with van der Waals surface area (Å²) in [6.45, 7) is 2.05. The summed E-state index contributed by atoms with van der Waals surface area (Å²) in [5.41, 5.74) is 0. The fourth-order valence-corrected chi connectivity index (χ4v) is 3.32. The van der Waals surface area contributed by atoms with Crippen molar-refractivity contribution in [1.82, 2.24) is 0 Å². The molecular weight excluding hydrogens is 324 g/mol. The van der Waals surface area contributed by atoms with E-state index in [-0.39, 0.29) is 31.7 Å². The Labute approximate surface area is 152 Å². The van der Waals surface area contributed by atoms with Gasteiger partial charge in [-0.3, -0.25) is 4.79 Å². The second-order valence-corrected chi connectivity index (χ2v) is 7.68. The van der Waals surface area contributed by atoms with Gasteiger partial charge in [-0.15, -0.1) is 0 Å². The number of rotatable bonds is 18. The van der Waals surface area contributed by atoms with Crippen molar-refractivity contribution >= 4 is 17.7 Å². The summed E-state index contributed by atoms with van der Waals surface area (Å²) >= 11 is 1.81. The summed E-state index contributed by atoms with van der Waals surface area (Å²) in [5.74, 6) is 1.31. The number of unbranched alkanes of at least 4 members (excludes halogenated alkanes) is 9. The molecule has 5 heteroatoms. The van der Waals surface area contributed by atoms with Crippen LogP contribution in [0.4, 0.5) is 0 Å². The van der Waals surface area contributed by atoms with Crippen LogP contribution in [0.25, 0.3) is 0 Å². The zero-order valence-electron chi connectivity index (χ0n) is 15.5. The Balaban J connectivity index is 3.20. The van der Waals surface area contributed by atoms with E-state index in [0.717, 1.165) is 11.5 Å². The lowest BCUT2D eigenvalue weighted by atomic mass is 10.1. The summed E-state index contributed by atoms with van der Waals surface area (Å²) in [6.07, 6.45) is 13.9. The molecule has 0 amide bonds. The van der Waals surface area contributed by atoms with Crippen LogP contribution in [0.2, 0.25) is 0 Å². The number of carbonyl (C=O) groups excluding carboxylic acids is 1. The maximum Gasteiger partial charge on any atom is 0.306 e. The summed E-state index contributed by atoms with van der Waals surface area (Å²) < 4.78 is 5.02. The fraction of sp³-hybridized carbons (Fsp3) is 0.947. The second-order valence-electron chi connectivity index (χ2n) is 6.46. The number of aliphatic hydroxyl groups excluding tert-OH is 2. The molecule has 0 aliphatic rings. The molecule has 0 heterocycles. The number of ether oxygens (including phenoxy) is 1. The number of hydrogen-bond acceptors (Lipinski definition) is 5. The molecule has 0 aromatic rings. The smallest absolute Gasteiger partial charge is 0.306 e. The first-order valence-corrected chi connectivity index (χ1v) is 10.8. The molecular formula is C19H38O4S. The van der Waals surface area contributed by atoms with Gasteiger partial charge in [0.2, 0.25) is 0 Å². The van der Waals surface area contributed by atoms with Crippen molar-refractivity contribution in [3.05, 3.63) is 0 Å². The molecule has 0 unspecified atom stereocenters. The Kier molecular flexibility index (Phi) is 18.9. The molecule has 0 fully saturated rings. The monoisotopic (exact) mass is 362 g/mol. The van der Waals surface area contributed by atoms with Gasteiger partial charge in [-0.25, -0.2) is 0 Å². The Morgan fingerprint density at radius 2 is 1.42 bits per heavy atom. The van der Waals surface area contributed by atoms with E-state index in [2.05, 4.69) is 6.92 Å². The van der Waals surface area contributed by atoms with Crippen LogP contribution >= 0.6 is 11.8 Å². The van der Waals surface area contributed by atoms with Crippen LogP contribution in [0.1, 0.15) is 77.6 Å². The molecule has 0 spiro atoms. The van der Waals surface area contributed by atoms with Gasteiger partial charge in [0.1, 0.15) is 0 Å². The van der Waals surface area contributed by atoms with Crippen LogP contribution < -0.4 is 0 Å². The summed E-state index contributed by atoms with van der Waals surface area (Å²) in [7, 11) is 0. The lowest BCUT2D eigenvalue weighted by Gasteiger charge is -2.11. The molecule has 0 saturated heterocycles. The van der Waals surface area contributed by atoms with Gasteiger partial charge in [-0.2, -0.15) is 11.8 Å². The maximum absolute atomic E-state index is 11.5. The minimum absolute atomic E-state index is 0.106. The van der Waals surface area contributed by atoms with Crippen LogP contribution in [-0.2, 0) is 9.53 Å². The van der Waals surface area contributed by atoms with E-state index in [9.17, 15) is 4.79 Å². The molecule has 0 atom stereocenters. The van der Waals surface area contributed by atoms with Crippen LogP contribution in [0.3, 0.4) is 0 Å². The van der Waals surface area contributed by atoms with Gasteiger partial charge >= 0.3 is 5.97 Å². The number of hydrogen-bond donors (Lipinski definition) is 2. The first kappa shape index (κ1) is 23.7.